The van der Waals surface area contributed by atoms with Crippen molar-refractivity contribution in [2.75, 3.05) is 12.4 Å². The summed E-state index contributed by atoms with van der Waals surface area (Å²) in [6.45, 7) is 3.75. The smallest absolute Gasteiger partial charge is 0.230 e. The Morgan fingerprint density at radius 1 is 1.37 bits per heavy atom. The van der Waals surface area contributed by atoms with Gasteiger partial charge in [0.05, 0.1) is 23.3 Å². The molecule has 162 valence electrons. The molecule has 2 bridgehead atoms. The highest BCUT2D eigenvalue weighted by atomic mass is 32.2. The highest BCUT2D eigenvalue weighted by Crippen LogP contribution is 2.49. The molecule has 8 heteroatoms. The lowest BCUT2D eigenvalue weighted by Crippen LogP contribution is -2.41. The molecule has 1 amide bonds. The van der Waals surface area contributed by atoms with E-state index in [4.69, 9.17) is 4.74 Å². The molecular formula is C22H30N4O2S2. The zero-order valence-electron chi connectivity index (χ0n) is 17.5. The van der Waals surface area contributed by atoms with Crippen LogP contribution >= 0.6 is 23.1 Å². The SMILES string of the molecule is CC(NC(=O)CSc1nnc(-c2cccs2)n1CC1CCCO1)C1CC2CCC1C2. The standard InChI is InChI=1S/C22H30N4O2S2/c1-14(18-11-15-6-7-16(18)10-15)23-20(27)13-30-22-25-24-21(19-5-3-9-29-19)26(22)12-17-4-2-8-28-17/h3,5,9,14-18H,2,4,6-8,10-13H2,1H3,(H,23,27). The van der Waals surface area contributed by atoms with Crippen LogP contribution in [0.4, 0.5) is 0 Å². The van der Waals surface area contributed by atoms with Crippen LogP contribution in [0.1, 0.15) is 45.4 Å². The quantitative estimate of drug-likeness (QED) is 0.615. The first-order chi connectivity index (χ1) is 14.7. The van der Waals surface area contributed by atoms with E-state index in [9.17, 15) is 4.79 Å². The van der Waals surface area contributed by atoms with E-state index >= 15 is 0 Å². The van der Waals surface area contributed by atoms with Crippen LogP contribution in [0.15, 0.2) is 22.7 Å². The third kappa shape index (κ3) is 4.32. The fraction of sp³-hybridized carbons (Fsp3) is 0.682. The summed E-state index contributed by atoms with van der Waals surface area (Å²) in [5.74, 6) is 3.73. The van der Waals surface area contributed by atoms with E-state index in [0.29, 0.717) is 11.7 Å². The first-order valence-corrected chi connectivity index (χ1v) is 13.0. The van der Waals surface area contributed by atoms with Crippen molar-refractivity contribution in [3.63, 3.8) is 0 Å². The summed E-state index contributed by atoms with van der Waals surface area (Å²) >= 11 is 3.14. The Kier molecular flexibility index (Phi) is 6.16. The van der Waals surface area contributed by atoms with Crippen molar-refractivity contribution < 1.29 is 9.53 Å². The van der Waals surface area contributed by atoms with Crippen LogP contribution in [-0.2, 0) is 16.1 Å². The van der Waals surface area contributed by atoms with Gasteiger partial charge in [-0.25, -0.2) is 0 Å². The summed E-state index contributed by atoms with van der Waals surface area (Å²) in [7, 11) is 0. The fourth-order valence-electron chi connectivity index (χ4n) is 5.58. The molecule has 2 aromatic rings. The van der Waals surface area contributed by atoms with Gasteiger partial charge in [0.1, 0.15) is 0 Å². The molecule has 2 aliphatic carbocycles. The predicted molar refractivity (Wildman–Crippen MR) is 120 cm³/mol. The molecular weight excluding hydrogens is 416 g/mol. The molecule has 5 atom stereocenters. The van der Waals surface area contributed by atoms with Gasteiger partial charge in [-0.3, -0.25) is 9.36 Å². The summed E-state index contributed by atoms with van der Waals surface area (Å²) in [6, 6.07) is 4.36. The molecule has 6 nitrogen and oxygen atoms in total. The second-order valence-electron chi connectivity index (χ2n) is 9.01. The summed E-state index contributed by atoms with van der Waals surface area (Å²) < 4.78 is 7.99. The lowest BCUT2D eigenvalue weighted by Gasteiger charge is -2.28. The molecule has 0 radical (unpaired) electrons. The minimum Gasteiger partial charge on any atom is -0.376 e. The first-order valence-electron chi connectivity index (χ1n) is 11.2. The van der Waals surface area contributed by atoms with Gasteiger partial charge >= 0.3 is 0 Å². The number of amides is 1. The topological polar surface area (TPSA) is 69.0 Å². The molecule has 2 saturated carbocycles. The van der Waals surface area contributed by atoms with E-state index in [-0.39, 0.29) is 18.1 Å². The largest absolute Gasteiger partial charge is 0.376 e. The van der Waals surface area contributed by atoms with Gasteiger partial charge in [0.2, 0.25) is 5.91 Å². The molecule has 3 aliphatic rings. The number of fused-ring (bicyclic) bond motifs is 2. The predicted octanol–water partition coefficient (Wildman–Crippen LogP) is 4.22. The summed E-state index contributed by atoms with van der Waals surface area (Å²) in [5, 5.41) is 15.0. The molecule has 30 heavy (non-hydrogen) atoms. The number of nitrogens with zero attached hydrogens (tertiary/aromatic N) is 3. The minimum absolute atomic E-state index is 0.0969. The van der Waals surface area contributed by atoms with E-state index in [1.54, 1.807) is 11.3 Å². The van der Waals surface area contributed by atoms with Crippen molar-refractivity contribution in [3.05, 3.63) is 17.5 Å². The lowest BCUT2D eigenvalue weighted by molar-refractivity contribution is -0.119. The van der Waals surface area contributed by atoms with Gasteiger partial charge in [-0.1, -0.05) is 24.2 Å². The molecule has 5 rings (SSSR count). The van der Waals surface area contributed by atoms with Crippen molar-refractivity contribution >= 4 is 29.0 Å². The normalized spacial score (nSPS) is 28.8. The van der Waals surface area contributed by atoms with Crippen molar-refractivity contribution in [1.29, 1.82) is 0 Å². The minimum atomic E-state index is 0.0969. The van der Waals surface area contributed by atoms with Crippen molar-refractivity contribution in [2.24, 2.45) is 17.8 Å². The zero-order valence-corrected chi connectivity index (χ0v) is 19.1. The van der Waals surface area contributed by atoms with Crippen LogP contribution in [0.5, 0.6) is 0 Å². The average molecular weight is 447 g/mol. The van der Waals surface area contributed by atoms with Crippen molar-refractivity contribution in [3.8, 4) is 10.7 Å². The summed E-state index contributed by atoms with van der Waals surface area (Å²) in [6.07, 6.45) is 7.77. The fourth-order valence-corrected chi connectivity index (χ4v) is 7.06. The van der Waals surface area contributed by atoms with Crippen molar-refractivity contribution in [1.82, 2.24) is 20.1 Å². The number of carbonyl (C=O) groups excluding carboxylic acids is 1. The van der Waals surface area contributed by atoms with Crippen LogP contribution in [-0.4, -0.2) is 45.2 Å². The Labute approximate surface area is 186 Å². The second kappa shape index (κ2) is 9.01. The van der Waals surface area contributed by atoms with Gasteiger partial charge in [-0.2, -0.15) is 0 Å². The summed E-state index contributed by atoms with van der Waals surface area (Å²) in [5.41, 5.74) is 0. The third-order valence-electron chi connectivity index (χ3n) is 7.02. The molecule has 3 fully saturated rings. The van der Waals surface area contributed by atoms with Gasteiger partial charge in [0, 0.05) is 12.6 Å². The second-order valence-corrected chi connectivity index (χ2v) is 10.9. The number of carbonyl (C=O) groups is 1. The van der Waals surface area contributed by atoms with Crippen LogP contribution in [0.3, 0.4) is 0 Å². The number of nitrogens with one attached hydrogen (secondary N) is 1. The zero-order chi connectivity index (χ0) is 20.5. The molecule has 1 N–H and O–H groups in total. The molecule has 0 aromatic carbocycles. The van der Waals surface area contributed by atoms with E-state index in [0.717, 1.165) is 53.7 Å². The van der Waals surface area contributed by atoms with Crippen LogP contribution < -0.4 is 5.32 Å². The Morgan fingerprint density at radius 2 is 2.30 bits per heavy atom. The third-order valence-corrected chi connectivity index (χ3v) is 8.86. The van der Waals surface area contributed by atoms with Crippen molar-refractivity contribution in [2.45, 2.75) is 69.3 Å². The maximum atomic E-state index is 12.7. The molecule has 5 unspecified atom stereocenters. The maximum absolute atomic E-state index is 12.7. The Balaban J connectivity index is 1.22. The number of thioether (sulfide) groups is 1. The van der Waals surface area contributed by atoms with Gasteiger partial charge in [0.15, 0.2) is 11.0 Å². The molecule has 2 aromatic heterocycles. The van der Waals surface area contributed by atoms with E-state index in [2.05, 4.69) is 38.5 Å². The number of rotatable bonds is 8. The van der Waals surface area contributed by atoms with E-state index < -0.39 is 0 Å². The van der Waals surface area contributed by atoms with Crippen LogP contribution in [0.2, 0.25) is 0 Å². The average Bonchev–Trinajstić information content (AvgIpc) is 3.56. The Hall–Kier alpha value is -1.38. The molecule has 1 aliphatic heterocycles. The highest BCUT2D eigenvalue weighted by Gasteiger charge is 2.42. The highest BCUT2D eigenvalue weighted by molar-refractivity contribution is 7.99. The summed E-state index contributed by atoms with van der Waals surface area (Å²) in [4.78, 5) is 13.8. The molecule has 0 spiro atoms. The Bertz CT molecular complexity index is 863. The van der Waals surface area contributed by atoms with Gasteiger partial charge < -0.3 is 10.1 Å². The molecule has 1 saturated heterocycles. The maximum Gasteiger partial charge on any atom is 0.230 e. The Morgan fingerprint density at radius 3 is 3.00 bits per heavy atom. The number of hydrogen-bond acceptors (Lipinski definition) is 6. The number of thiophene rings is 1. The van der Waals surface area contributed by atoms with E-state index in [1.807, 2.05) is 6.07 Å². The monoisotopic (exact) mass is 446 g/mol. The lowest BCUT2D eigenvalue weighted by atomic mass is 9.84. The van der Waals surface area contributed by atoms with Gasteiger partial charge in [0.25, 0.3) is 0 Å². The van der Waals surface area contributed by atoms with Crippen LogP contribution in [0, 0.1) is 17.8 Å². The number of ether oxygens (including phenoxy) is 1. The number of hydrogen-bond donors (Lipinski definition) is 1. The first kappa shape index (κ1) is 20.5. The van der Waals surface area contributed by atoms with Gasteiger partial charge in [-0.05, 0) is 68.2 Å². The van der Waals surface area contributed by atoms with Gasteiger partial charge in [-0.15, -0.1) is 21.5 Å². The van der Waals surface area contributed by atoms with E-state index in [1.165, 1.54) is 37.4 Å². The number of aromatic nitrogens is 3. The van der Waals surface area contributed by atoms with Crippen LogP contribution in [0.25, 0.3) is 10.7 Å². The molecule has 3 heterocycles.